The lowest BCUT2D eigenvalue weighted by atomic mass is 9.95. The molecule has 0 saturated heterocycles. The van der Waals surface area contributed by atoms with Crippen molar-refractivity contribution >= 4 is 28.8 Å². The second-order valence-electron chi connectivity index (χ2n) is 6.51. The van der Waals surface area contributed by atoms with E-state index in [9.17, 15) is 4.79 Å². The highest BCUT2D eigenvalue weighted by Crippen LogP contribution is 2.22. The molecule has 0 aliphatic heterocycles. The molecule has 0 unspecified atom stereocenters. The smallest absolute Gasteiger partial charge is 0.226 e. The number of nitrogens with zero attached hydrogens (tertiary/aromatic N) is 1. The summed E-state index contributed by atoms with van der Waals surface area (Å²) in [5, 5.41) is 6.66. The fourth-order valence-corrected chi connectivity index (χ4v) is 3.86. The zero-order chi connectivity index (χ0) is 17.6. The first-order chi connectivity index (χ1) is 12.1. The molecule has 0 bridgehead atoms. The topological polar surface area (TPSA) is 51.2 Å². The molecular formula is C19H23ClN2O2S. The number of halogens is 1. The molecule has 0 atom stereocenters. The Morgan fingerprint density at radius 1 is 1.36 bits per heavy atom. The molecule has 6 heteroatoms. The van der Waals surface area contributed by atoms with Crippen LogP contribution in [-0.4, -0.2) is 16.9 Å². The molecule has 0 radical (unpaired) electrons. The van der Waals surface area contributed by atoms with Crippen LogP contribution in [0.5, 0.6) is 5.75 Å². The normalized spacial score (nSPS) is 15.1. The predicted molar refractivity (Wildman–Crippen MR) is 101 cm³/mol. The maximum Gasteiger partial charge on any atom is 0.226 e. The van der Waals surface area contributed by atoms with Gasteiger partial charge in [0.25, 0.3) is 0 Å². The van der Waals surface area contributed by atoms with Gasteiger partial charge in [-0.3, -0.25) is 4.79 Å². The highest BCUT2D eigenvalue weighted by atomic mass is 35.5. The first kappa shape index (κ1) is 18.2. The Balaban J connectivity index is 1.48. The number of thiazole rings is 1. The Bertz CT molecular complexity index is 726. The van der Waals surface area contributed by atoms with E-state index in [1.807, 2.05) is 30.5 Å². The fourth-order valence-electron chi connectivity index (χ4n) is 3.04. The summed E-state index contributed by atoms with van der Waals surface area (Å²) in [4.78, 5) is 16.7. The lowest BCUT2D eigenvalue weighted by molar-refractivity contribution is -0.121. The summed E-state index contributed by atoms with van der Waals surface area (Å²) in [5.41, 5.74) is 1.79. The maximum absolute atomic E-state index is 12.1. The highest BCUT2D eigenvalue weighted by molar-refractivity contribution is 7.09. The summed E-state index contributed by atoms with van der Waals surface area (Å²) >= 11 is 7.54. The monoisotopic (exact) mass is 378 g/mol. The van der Waals surface area contributed by atoms with Crippen LogP contribution in [0.25, 0.3) is 0 Å². The largest absolute Gasteiger partial charge is 0.486 e. The van der Waals surface area contributed by atoms with Crippen LogP contribution in [0.1, 0.15) is 48.4 Å². The number of amides is 1. The molecule has 1 aliphatic rings. The molecule has 25 heavy (non-hydrogen) atoms. The van der Waals surface area contributed by atoms with Crippen LogP contribution in [0.4, 0.5) is 0 Å². The van der Waals surface area contributed by atoms with Crippen LogP contribution in [-0.2, 0) is 17.8 Å². The quantitative estimate of drug-likeness (QED) is 0.794. The lowest BCUT2D eigenvalue weighted by Gasteiger charge is -2.22. The van der Waals surface area contributed by atoms with Gasteiger partial charge < -0.3 is 10.1 Å². The van der Waals surface area contributed by atoms with Gasteiger partial charge >= 0.3 is 0 Å². The Kier molecular flexibility index (Phi) is 6.32. The predicted octanol–water partition coefficient (Wildman–Crippen LogP) is 4.68. The van der Waals surface area contributed by atoms with Crippen molar-refractivity contribution in [2.24, 2.45) is 0 Å². The van der Waals surface area contributed by atoms with Crippen LogP contribution >= 0.6 is 22.9 Å². The van der Waals surface area contributed by atoms with Crippen molar-refractivity contribution < 1.29 is 9.53 Å². The minimum absolute atomic E-state index is 0.0676. The maximum atomic E-state index is 12.1. The Hall–Kier alpha value is -1.59. The van der Waals surface area contributed by atoms with Gasteiger partial charge in [-0.1, -0.05) is 30.9 Å². The van der Waals surface area contributed by atoms with Gasteiger partial charge in [0.1, 0.15) is 17.4 Å². The number of benzene rings is 1. The molecular weight excluding hydrogens is 356 g/mol. The van der Waals surface area contributed by atoms with Crippen molar-refractivity contribution in [2.75, 3.05) is 0 Å². The third-order valence-electron chi connectivity index (χ3n) is 4.40. The summed E-state index contributed by atoms with van der Waals surface area (Å²) in [6, 6.07) is 5.93. The standard InChI is InChI=1S/C19H23ClN2O2S/c1-13-9-16(7-8-17(13)20)24-11-19-22-15(12-25-19)10-18(23)21-14-5-3-2-4-6-14/h7-9,12,14H,2-6,10-11H2,1H3,(H,21,23). The number of carbonyl (C=O) groups excluding carboxylic acids is 1. The summed E-state index contributed by atoms with van der Waals surface area (Å²) in [6.07, 6.45) is 6.26. The molecule has 1 heterocycles. The van der Waals surface area contributed by atoms with Gasteiger partial charge in [-0.05, 0) is 43.5 Å². The molecule has 1 amide bonds. The molecule has 1 aromatic heterocycles. The van der Waals surface area contributed by atoms with Gasteiger partial charge in [-0.2, -0.15) is 0 Å². The van der Waals surface area contributed by atoms with Crippen LogP contribution in [0.2, 0.25) is 5.02 Å². The highest BCUT2D eigenvalue weighted by Gasteiger charge is 2.16. The molecule has 0 spiro atoms. The number of ether oxygens (including phenoxy) is 1. The van der Waals surface area contributed by atoms with Crippen molar-refractivity contribution in [3.05, 3.63) is 44.9 Å². The number of hydrogen-bond donors (Lipinski definition) is 1. The Morgan fingerprint density at radius 3 is 2.92 bits per heavy atom. The van der Waals surface area contributed by atoms with E-state index in [0.717, 1.165) is 39.9 Å². The SMILES string of the molecule is Cc1cc(OCc2nc(CC(=O)NC3CCCCC3)cs2)ccc1Cl. The molecule has 3 rings (SSSR count). The number of aromatic nitrogens is 1. The molecule has 2 aromatic rings. The van der Waals surface area contributed by atoms with Gasteiger partial charge in [0.05, 0.1) is 12.1 Å². The van der Waals surface area contributed by atoms with E-state index in [1.54, 1.807) is 0 Å². The average molecular weight is 379 g/mol. The number of aryl methyl sites for hydroxylation is 1. The molecule has 4 nitrogen and oxygen atoms in total. The first-order valence-electron chi connectivity index (χ1n) is 8.72. The minimum atomic E-state index is 0.0676. The lowest BCUT2D eigenvalue weighted by Crippen LogP contribution is -2.37. The van der Waals surface area contributed by atoms with Crippen LogP contribution in [0.3, 0.4) is 0 Å². The summed E-state index contributed by atoms with van der Waals surface area (Å²) < 4.78 is 5.76. The second kappa shape index (κ2) is 8.68. The molecule has 134 valence electrons. The van der Waals surface area contributed by atoms with E-state index in [2.05, 4.69) is 10.3 Å². The molecule has 1 saturated carbocycles. The van der Waals surface area contributed by atoms with E-state index in [1.165, 1.54) is 30.6 Å². The fraction of sp³-hybridized carbons (Fsp3) is 0.474. The Labute approximate surface area is 157 Å². The van der Waals surface area contributed by atoms with E-state index in [-0.39, 0.29) is 5.91 Å². The number of carbonyl (C=O) groups is 1. The van der Waals surface area contributed by atoms with Gasteiger partial charge in [0.15, 0.2) is 0 Å². The third kappa shape index (κ3) is 5.44. The Morgan fingerprint density at radius 2 is 2.16 bits per heavy atom. The van der Waals surface area contributed by atoms with E-state index in [0.29, 0.717) is 19.1 Å². The van der Waals surface area contributed by atoms with Crippen molar-refractivity contribution in [3.8, 4) is 5.75 Å². The minimum Gasteiger partial charge on any atom is -0.486 e. The van der Waals surface area contributed by atoms with Gasteiger partial charge in [0.2, 0.25) is 5.91 Å². The van der Waals surface area contributed by atoms with Gasteiger partial charge in [0, 0.05) is 16.4 Å². The van der Waals surface area contributed by atoms with Crippen LogP contribution in [0, 0.1) is 6.92 Å². The molecule has 1 fully saturated rings. The molecule has 1 N–H and O–H groups in total. The average Bonchev–Trinajstić information content (AvgIpc) is 3.04. The van der Waals surface area contributed by atoms with Crippen molar-refractivity contribution in [2.45, 2.75) is 58.1 Å². The van der Waals surface area contributed by atoms with Crippen molar-refractivity contribution in [1.82, 2.24) is 10.3 Å². The number of hydrogen-bond acceptors (Lipinski definition) is 4. The molecule has 1 aromatic carbocycles. The zero-order valence-electron chi connectivity index (χ0n) is 14.4. The van der Waals surface area contributed by atoms with Gasteiger partial charge in [-0.25, -0.2) is 4.98 Å². The first-order valence-corrected chi connectivity index (χ1v) is 9.97. The van der Waals surface area contributed by atoms with E-state index < -0.39 is 0 Å². The number of rotatable bonds is 6. The molecule has 1 aliphatic carbocycles. The van der Waals surface area contributed by atoms with E-state index >= 15 is 0 Å². The van der Waals surface area contributed by atoms with Crippen molar-refractivity contribution in [1.29, 1.82) is 0 Å². The van der Waals surface area contributed by atoms with Gasteiger partial charge in [-0.15, -0.1) is 11.3 Å². The summed E-state index contributed by atoms with van der Waals surface area (Å²) in [7, 11) is 0. The number of nitrogens with one attached hydrogen (secondary N) is 1. The summed E-state index contributed by atoms with van der Waals surface area (Å²) in [5.74, 6) is 0.840. The zero-order valence-corrected chi connectivity index (χ0v) is 16.0. The van der Waals surface area contributed by atoms with Crippen LogP contribution in [0.15, 0.2) is 23.6 Å². The van der Waals surface area contributed by atoms with Crippen LogP contribution < -0.4 is 10.1 Å². The van der Waals surface area contributed by atoms with E-state index in [4.69, 9.17) is 16.3 Å². The second-order valence-corrected chi connectivity index (χ2v) is 7.86. The summed E-state index contributed by atoms with van der Waals surface area (Å²) in [6.45, 7) is 2.34. The third-order valence-corrected chi connectivity index (χ3v) is 5.70. The van der Waals surface area contributed by atoms with Crippen molar-refractivity contribution in [3.63, 3.8) is 0 Å².